The van der Waals surface area contributed by atoms with E-state index < -0.39 is 50.7 Å². The van der Waals surface area contributed by atoms with Crippen molar-refractivity contribution in [1.82, 2.24) is 4.90 Å². The molecule has 3 rings (SSSR count). The fourth-order valence-electron chi connectivity index (χ4n) is 3.28. The molecule has 1 aliphatic rings. The van der Waals surface area contributed by atoms with Crippen molar-refractivity contribution in [3.63, 3.8) is 0 Å². The van der Waals surface area contributed by atoms with E-state index in [-0.39, 0.29) is 12.1 Å². The first-order chi connectivity index (χ1) is 15.5. The van der Waals surface area contributed by atoms with Gasteiger partial charge in [0.05, 0.1) is 10.6 Å². The number of hydrogen-bond donors (Lipinski definition) is 3. The number of hydrogen-bond acceptors (Lipinski definition) is 9. The topological polar surface area (TPSA) is 151 Å². The number of aromatic hydroxyl groups is 2. The molecule has 0 saturated carbocycles. The molecule has 0 bridgehead atoms. The Kier molecular flexibility index (Phi) is 6.64. The highest BCUT2D eigenvalue weighted by atomic mass is 32.2. The van der Waals surface area contributed by atoms with Crippen LogP contribution in [0.4, 0.5) is 15.8 Å². The van der Waals surface area contributed by atoms with Gasteiger partial charge in [0.1, 0.15) is 17.6 Å². The summed E-state index contributed by atoms with van der Waals surface area (Å²) < 4.78 is 14.7. The summed E-state index contributed by atoms with van der Waals surface area (Å²) in [5.41, 5.74) is -1.17. The van der Waals surface area contributed by atoms with Gasteiger partial charge in [-0.3, -0.25) is 14.9 Å². The van der Waals surface area contributed by atoms with Crippen LogP contribution < -0.4 is 4.90 Å². The first kappa shape index (κ1) is 23.7. The summed E-state index contributed by atoms with van der Waals surface area (Å²) in [5.74, 6) is -3.55. The van der Waals surface area contributed by atoms with Gasteiger partial charge < -0.3 is 25.1 Å². The lowest BCUT2D eigenvalue weighted by Gasteiger charge is -2.28. The Balaban J connectivity index is 1.93. The number of phenolic OH excluding ortho intramolecular Hbond substituents is 2. The van der Waals surface area contributed by atoms with Crippen molar-refractivity contribution in [2.75, 3.05) is 31.3 Å². The average molecular weight is 474 g/mol. The van der Waals surface area contributed by atoms with Crippen molar-refractivity contribution < 1.29 is 29.4 Å². The molecule has 1 amide bonds. The second-order valence-corrected chi connectivity index (χ2v) is 8.43. The van der Waals surface area contributed by atoms with Crippen LogP contribution in [0.3, 0.4) is 0 Å². The van der Waals surface area contributed by atoms with E-state index in [1.165, 1.54) is 19.2 Å². The predicted molar refractivity (Wildman–Crippen MR) is 118 cm³/mol. The highest BCUT2D eigenvalue weighted by Gasteiger charge is 2.26. The fraction of sp³-hybridized carbons (Fsp3) is 0.238. The molecule has 10 nitrogen and oxygen atoms in total. The number of anilines is 1. The minimum absolute atomic E-state index is 0.207. The van der Waals surface area contributed by atoms with Crippen LogP contribution in [0.15, 0.2) is 34.7 Å². The van der Waals surface area contributed by atoms with Gasteiger partial charge in [0, 0.05) is 55.0 Å². The number of carbonyl (C=O) groups excluding carboxylic acids is 1. The van der Waals surface area contributed by atoms with Gasteiger partial charge in [-0.15, -0.1) is 11.8 Å². The van der Waals surface area contributed by atoms with Gasteiger partial charge in [0.15, 0.2) is 11.3 Å². The molecular formula is C21H19FN4O6S. The third-order valence-corrected chi connectivity index (χ3v) is 6.10. The standard InChI is InChI=1S/C21H19FN4O6S/c1-24-3-4-33-18-7-12(14(22)8-15(18)24)10-25(2)21(30)13(9-23)19(28)11-5-16(26(31)32)20(29)17(27)6-11/h5-8,27-29H,3-4,10H2,1-2H3/b19-13-. The predicted octanol–water partition coefficient (Wildman–Crippen LogP) is 3.14. The third kappa shape index (κ3) is 4.63. The molecule has 12 heteroatoms. The zero-order valence-electron chi connectivity index (χ0n) is 17.6. The number of halogens is 1. The van der Waals surface area contributed by atoms with Crippen LogP contribution in [0, 0.1) is 27.3 Å². The van der Waals surface area contributed by atoms with Crippen molar-refractivity contribution in [3.05, 3.63) is 56.9 Å². The number of nitro benzene ring substituents is 1. The lowest BCUT2D eigenvalue weighted by atomic mass is 10.1. The highest BCUT2D eigenvalue weighted by Crippen LogP contribution is 2.38. The Bertz CT molecular complexity index is 1230. The smallest absolute Gasteiger partial charge is 0.315 e. The van der Waals surface area contributed by atoms with E-state index in [1.54, 1.807) is 17.8 Å². The number of fused-ring (bicyclic) bond motifs is 1. The molecule has 0 spiro atoms. The van der Waals surface area contributed by atoms with Gasteiger partial charge in [0.2, 0.25) is 5.75 Å². The molecule has 0 unspecified atom stereocenters. The molecule has 0 aromatic heterocycles. The van der Waals surface area contributed by atoms with Crippen molar-refractivity contribution in [3.8, 4) is 17.6 Å². The number of rotatable bonds is 5. The van der Waals surface area contributed by atoms with Gasteiger partial charge in [-0.05, 0) is 18.2 Å². The first-order valence-electron chi connectivity index (χ1n) is 9.51. The van der Waals surface area contributed by atoms with Crippen molar-refractivity contribution in [2.45, 2.75) is 11.4 Å². The second kappa shape index (κ2) is 9.25. The molecule has 172 valence electrons. The number of carbonyl (C=O) groups is 1. The molecule has 33 heavy (non-hydrogen) atoms. The number of benzene rings is 2. The van der Waals surface area contributed by atoms with E-state index >= 15 is 0 Å². The van der Waals surface area contributed by atoms with Crippen LogP contribution in [0.2, 0.25) is 0 Å². The number of phenols is 2. The maximum atomic E-state index is 14.7. The number of aliphatic hydroxyl groups is 1. The van der Waals surface area contributed by atoms with Crippen LogP contribution in [-0.2, 0) is 11.3 Å². The van der Waals surface area contributed by atoms with E-state index in [0.29, 0.717) is 6.07 Å². The Morgan fingerprint density at radius 1 is 1.36 bits per heavy atom. The highest BCUT2D eigenvalue weighted by molar-refractivity contribution is 7.99. The molecule has 0 fully saturated rings. The SMILES string of the molecule is CN(Cc1cc2c(cc1F)N(C)CCS2)C(=O)/C(C#N)=C(\O)c1cc(O)c(O)c([N+](=O)[O-])c1. The summed E-state index contributed by atoms with van der Waals surface area (Å²) in [7, 11) is 3.16. The summed E-state index contributed by atoms with van der Waals surface area (Å²) >= 11 is 1.56. The van der Waals surface area contributed by atoms with Gasteiger partial charge >= 0.3 is 5.69 Å². The third-order valence-electron chi connectivity index (χ3n) is 5.08. The maximum absolute atomic E-state index is 14.7. The monoisotopic (exact) mass is 474 g/mol. The molecule has 1 heterocycles. The van der Waals surface area contributed by atoms with Crippen LogP contribution in [0.1, 0.15) is 11.1 Å². The average Bonchev–Trinajstić information content (AvgIpc) is 2.76. The van der Waals surface area contributed by atoms with Gasteiger partial charge in [0.25, 0.3) is 5.91 Å². The van der Waals surface area contributed by atoms with E-state index in [4.69, 9.17) is 0 Å². The van der Waals surface area contributed by atoms with Crippen LogP contribution in [0.25, 0.3) is 5.76 Å². The second-order valence-electron chi connectivity index (χ2n) is 7.30. The minimum Gasteiger partial charge on any atom is -0.506 e. The fourth-order valence-corrected chi connectivity index (χ4v) is 4.45. The van der Waals surface area contributed by atoms with Crippen molar-refractivity contribution >= 4 is 34.8 Å². The normalized spacial score (nSPS) is 13.6. The van der Waals surface area contributed by atoms with Gasteiger partial charge in [-0.2, -0.15) is 5.26 Å². The molecule has 0 aliphatic carbocycles. The molecular weight excluding hydrogens is 455 g/mol. The zero-order chi connectivity index (χ0) is 24.4. The van der Waals surface area contributed by atoms with E-state index in [1.807, 2.05) is 11.9 Å². The largest absolute Gasteiger partial charge is 0.506 e. The lowest BCUT2D eigenvalue weighted by Crippen LogP contribution is -2.29. The molecule has 2 aromatic carbocycles. The maximum Gasteiger partial charge on any atom is 0.315 e. The Hall–Kier alpha value is -3.98. The minimum atomic E-state index is -1.02. The Morgan fingerprint density at radius 3 is 2.70 bits per heavy atom. The number of amides is 1. The quantitative estimate of drug-likeness (QED) is 0.148. The summed E-state index contributed by atoms with van der Waals surface area (Å²) in [4.78, 5) is 26.7. The summed E-state index contributed by atoms with van der Waals surface area (Å²) in [6, 6.07) is 6.04. The number of nitro groups is 1. The van der Waals surface area contributed by atoms with Crippen LogP contribution in [0.5, 0.6) is 11.5 Å². The van der Waals surface area contributed by atoms with Crippen LogP contribution in [-0.4, -0.2) is 57.4 Å². The number of aliphatic hydroxyl groups excluding tert-OH is 1. The summed E-state index contributed by atoms with van der Waals surface area (Å²) in [6.45, 7) is 0.567. The zero-order valence-corrected chi connectivity index (χ0v) is 18.4. The first-order valence-corrected chi connectivity index (χ1v) is 10.5. The lowest BCUT2D eigenvalue weighted by molar-refractivity contribution is -0.386. The van der Waals surface area contributed by atoms with E-state index in [2.05, 4.69) is 0 Å². The summed E-state index contributed by atoms with van der Waals surface area (Å²) in [5, 5.41) is 50.2. The Morgan fingerprint density at radius 2 is 2.06 bits per heavy atom. The molecule has 0 atom stereocenters. The number of nitrogens with zero attached hydrogens (tertiary/aromatic N) is 4. The van der Waals surface area contributed by atoms with Crippen molar-refractivity contribution in [1.29, 1.82) is 5.26 Å². The number of nitriles is 1. The summed E-state index contributed by atoms with van der Waals surface area (Å²) in [6.07, 6.45) is 0. The van der Waals surface area contributed by atoms with E-state index in [0.717, 1.165) is 33.8 Å². The van der Waals surface area contributed by atoms with Gasteiger partial charge in [-0.25, -0.2) is 4.39 Å². The molecule has 0 radical (unpaired) electrons. The molecule has 1 aliphatic heterocycles. The van der Waals surface area contributed by atoms with Crippen LogP contribution >= 0.6 is 11.8 Å². The molecule has 0 saturated heterocycles. The Labute approximate surface area is 191 Å². The molecule has 2 aromatic rings. The van der Waals surface area contributed by atoms with E-state index in [9.17, 15) is 39.9 Å². The number of thioether (sulfide) groups is 1. The number of likely N-dealkylation sites (N-methyl/N-ethyl adjacent to an activating group) is 1. The van der Waals surface area contributed by atoms with Crippen molar-refractivity contribution in [2.24, 2.45) is 0 Å². The van der Waals surface area contributed by atoms with Gasteiger partial charge in [-0.1, -0.05) is 0 Å². The molecule has 3 N–H and O–H groups in total.